The van der Waals surface area contributed by atoms with Gasteiger partial charge in [-0.2, -0.15) is 0 Å². The SMILES string of the molecule is CCC1CCCCC1NCCOC1CCCC1. The third-order valence-corrected chi connectivity index (χ3v) is 4.60. The van der Waals surface area contributed by atoms with Gasteiger partial charge in [-0.05, 0) is 31.6 Å². The molecule has 1 N–H and O–H groups in total. The summed E-state index contributed by atoms with van der Waals surface area (Å²) < 4.78 is 5.90. The summed E-state index contributed by atoms with van der Waals surface area (Å²) in [5.74, 6) is 0.912. The molecule has 0 aromatic rings. The Morgan fingerprint density at radius 3 is 2.47 bits per heavy atom. The van der Waals surface area contributed by atoms with Gasteiger partial charge in [0, 0.05) is 12.6 Å². The van der Waals surface area contributed by atoms with Crippen LogP contribution in [0.15, 0.2) is 0 Å². The van der Waals surface area contributed by atoms with Crippen LogP contribution >= 0.6 is 0 Å². The molecule has 0 heterocycles. The fourth-order valence-electron chi connectivity index (χ4n) is 3.49. The average Bonchev–Trinajstić information content (AvgIpc) is 2.88. The third-order valence-electron chi connectivity index (χ3n) is 4.60. The minimum atomic E-state index is 0.574. The van der Waals surface area contributed by atoms with E-state index in [-0.39, 0.29) is 0 Å². The van der Waals surface area contributed by atoms with Crippen molar-refractivity contribution < 1.29 is 4.74 Å². The molecule has 0 saturated heterocycles. The molecule has 2 rings (SSSR count). The van der Waals surface area contributed by atoms with Crippen LogP contribution in [-0.4, -0.2) is 25.3 Å². The number of ether oxygens (including phenoxy) is 1. The van der Waals surface area contributed by atoms with Crippen molar-refractivity contribution in [2.75, 3.05) is 13.2 Å². The first-order valence-corrected chi connectivity index (χ1v) is 7.75. The van der Waals surface area contributed by atoms with Crippen LogP contribution in [0.1, 0.15) is 64.7 Å². The Bertz CT molecular complexity index is 201. The first-order chi connectivity index (χ1) is 8.40. The molecular weight excluding hydrogens is 210 g/mol. The van der Waals surface area contributed by atoms with E-state index in [1.807, 2.05) is 0 Å². The Balaban J connectivity index is 1.56. The number of hydrogen-bond donors (Lipinski definition) is 1. The molecule has 2 aliphatic carbocycles. The van der Waals surface area contributed by atoms with Crippen LogP contribution in [0, 0.1) is 5.92 Å². The van der Waals surface area contributed by atoms with Crippen molar-refractivity contribution in [3.63, 3.8) is 0 Å². The molecule has 2 aliphatic rings. The molecule has 0 aromatic carbocycles. The molecule has 2 saturated carbocycles. The van der Waals surface area contributed by atoms with E-state index in [9.17, 15) is 0 Å². The second-order valence-electron chi connectivity index (χ2n) is 5.79. The lowest BCUT2D eigenvalue weighted by Crippen LogP contribution is -2.40. The van der Waals surface area contributed by atoms with Crippen molar-refractivity contribution in [3.8, 4) is 0 Å². The highest BCUT2D eigenvalue weighted by molar-refractivity contribution is 4.80. The smallest absolute Gasteiger partial charge is 0.0594 e. The van der Waals surface area contributed by atoms with Gasteiger partial charge >= 0.3 is 0 Å². The lowest BCUT2D eigenvalue weighted by molar-refractivity contribution is 0.0569. The van der Waals surface area contributed by atoms with E-state index in [2.05, 4.69) is 12.2 Å². The monoisotopic (exact) mass is 239 g/mol. The van der Waals surface area contributed by atoms with Crippen molar-refractivity contribution in [2.24, 2.45) is 5.92 Å². The van der Waals surface area contributed by atoms with Gasteiger partial charge in [0.15, 0.2) is 0 Å². The Labute approximate surface area is 107 Å². The van der Waals surface area contributed by atoms with Crippen molar-refractivity contribution >= 4 is 0 Å². The minimum absolute atomic E-state index is 0.574. The van der Waals surface area contributed by atoms with E-state index in [1.54, 1.807) is 0 Å². The maximum Gasteiger partial charge on any atom is 0.0594 e. The minimum Gasteiger partial charge on any atom is -0.377 e. The molecule has 100 valence electrons. The maximum atomic E-state index is 5.90. The van der Waals surface area contributed by atoms with Gasteiger partial charge in [-0.25, -0.2) is 0 Å². The van der Waals surface area contributed by atoms with Crippen molar-refractivity contribution in [3.05, 3.63) is 0 Å². The highest BCUT2D eigenvalue weighted by atomic mass is 16.5. The van der Waals surface area contributed by atoms with E-state index >= 15 is 0 Å². The van der Waals surface area contributed by atoms with Crippen molar-refractivity contribution in [1.29, 1.82) is 0 Å². The molecule has 2 unspecified atom stereocenters. The van der Waals surface area contributed by atoms with E-state index in [0.29, 0.717) is 6.10 Å². The molecule has 2 fully saturated rings. The summed E-state index contributed by atoms with van der Waals surface area (Å²) in [5, 5.41) is 3.72. The van der Waals surface area contributed by atoms with Crippen LogP contribution in [0.3, 0.4) is 0 Å². The first kappa shape index (κ1) is 13.4. The lowest BCUT2D eigenvalue weighted by atomic mass is 9.83. The van der Waals surface area contributed by atoms with Gasteiger partial charge in [-0.15, -0.1) is 0 Å². The topological polar surface area (TPSA) is 21.3 Å². The third kappa shape index (κ3) is 4.26. The summed E-state index contributed by atoms with van der Waals surface area (Å²) in [5.41, 5.74) is 0. The molecule has 2 atom stereocenters. The fourth-order valence-corrected chi connectivity index (χ4v) is 3.49. The van der Waals surface area contributed by atoms with Crippen LogP contribution in [0.4, 0.5) is 0 Å². The van der Waals surface area contributed by atoms with Crippen LogP contribution in [-0.2, 0) is 4.74 Å². The standard InChI is InChI=1S/C15H29NO/c1-2-13-7-3-6-10-15(13)16-11-12-17-14-8-4-5-9-14/h13-16H,2-12H2,1H3. The Hall–Kier alpha value is -0.0800. The summed E-state index contributed by atoms with van der Waals surface area (Å²) >= 11 is 0. The molecule has 0 amide bonds. The molecular formula is C15H29NO. The largest absolute Gasteiger partial charge is 0.377 e. The van der Waals surface area contributed by atoms with Gasteiger partial charge < -0.3 is 10.1 Å². The zero-order valence-electron chi connectivity index (χ0n) is 11.4. The predicted octanol–water partition coefficient (Wildman–Crippen LogP) is 3.50. The Morgan fingerprint density at radius 1 is 1.00 bits per heavy atom. The molecule has 17 heavy (non-hydrogen) atoms. The summed E-state index contributed by atoms with van der Waals surface area (Å²) in [7, 11) is 0. The van der Waals surface area contributed by atoms with Crippen molar-refractivity contribution in [2.45, 2.75) is 76.9 Å². The highest BCUT2D eigenvalue weighted by Gasteiger charge is 2.22. The fraction of sp³-hybridized carbons (Fsp3) is 1.00. The second-order valence-corrected chi connectivity index (χ2v) is 5.79. The molecule has 0 bridgehead atoms. The highest BCUT2D eigenvalue weighted by Crippen LogP contribution is 2.26. The van der Waals surface area contributed by atoms with Gasteiger partial charge in [0.1, 0.15) is 0 Å². The number of hydrogen-bond acceptors (Lipinski definition) is 2. The Morgan fingerprint density at radius 2 is 1.71 bits per heavy atom. The molecule has 0 aliphatic heterocycles. The maximum absolute atomic E-state index is 5.90. The summed E-state index contributed by atoms with van der Waals surface area (Å²) in [6.45, 7) is 4.30. The van der Waals surface area contributed by atoms with Gasteiger partial charge in [0.25, 0.3) is 0 Å². The lowest BCUT2D eigenvalue weighted by Gasteiger charge is -2.31. The average molecular weight is 239 g/mol. The molecule has 0 radical (unpaired) electrons. The van der Waals surface area contributed by atoms with Crippen molar-refractivity contribution in [1.82, 2.24) is 5.32 Å². The van der Waals surface area contributed by atoms with Gasteiger partial charge in [0.05, 0.1) is 12.7 Å². The predicted molar refractivity (Wildman–Crippen MR) is 72.2 cm³/mol. The van der Waals surface area contributed by atoms with Gasteiger partial charge in [-0.3, -0.25) is 0 Å². The molecule has 0 spiro atoms. The molecule has 2 heteroatoms. The van der Waals surface area contributed by atoms with E-state index in [0.717, 1.165) is 25.1 Å². The quantitative estimate of drug-likeness (QED) is 0.716. The summed E-state index contributed by atoms with van der Waals surface area (Å²) in [6.07, 6.45) is 12.9. The number of nitrogens with one attached hydrogen (secondary N) is 1. The zero-order valence-corrected chi connectivity index (χ0v) is 11.4. The molecule has 0 aromatic heterocycles. The van der Waals surface area contributed by atoms with Gasteiger partial charge in [-0.1, -0.05) is 39.0 Å². The van der Waals surface area contributed by atoms with Crippen LogP contribution in [0.25, 0.3) is 0 Å². The molecule has 2 nitrogen and oxygen atoms in total. The van der Waals surface area contributed by atoms with Crippen LogP contribution in [0.2, 0.25) is 0 Å². The zero-order chi connectivity index (χ0) is 11.9. The summed E-state index contributed by atoms with van der Waals surface area (Å²) in [6, 6.07) is 0.765. The van der Waals surface area contributed by atoms with Crippen LogP contribution < -0.4 is 5.32 Å². The van der Waals surface area contributed by atoms with Gasteiger partial charge in [0.2, 0.25) is 0 Å². The van der Waals surface area contributed by atoms with E-state index < -0.39 is 0 Å². The first-order valence-electron chi connectivity index (χ1n) is 7.75. The van der Waals surface area contributed by atoms with E-state index in [4.69, 9.17) is 4.74 Å². The summed E-state index contributed by atoms with van der Waals surface area (Å²) in [4.78, 5) is 0. The number of rotatable bonds is 6. The Kier molecular flexibility index (Phi) is 5.79. The normalized spacial score (nSPS) is 30.9. The second kappa shape index (κ2) is 7.38. The van der Waals surface area contributed by atoms with Crippen LogP contribution in [0.5, 0.6) is 0 Å². The van der Waals surface area contributed by atoms with E-state index in [1.165, 1.54) is 57.8 Å².